The quantitative estimate of drug-likeness (QED) is 0.481. The summed E-state index contributed by atoms with van der Waals surface area (Å²) in [6.07, 6.45) is 1.36. The summed E-state index contributed by atoms with van der Waals surface area (Å²) >= 11 is 9.10. The van der Waals surface area contributed by atoms with Crippen molar-refractivity contribution in [3.63, 3.8) is 0 Å². The summed E-state index contributed by atoms with van der Waals surface area (Å²) in [7, 11) is 0. The van der Waals surface area contributed by atoms with Gasteiger partial charge in [-0.15, -0.1) is 0 Å². The van der Waals surface area contributed by atoms with Crippen molar-refractivity contribution in [3.8, 4) is 5.75 Å². The molecule has 0 fully saturated rings. The van der Waals surface area contributed by atoms with Gasteiger partial charge in [-0.2, -0.15) is 0 Å². The fourth-order valence-electron chi connectivity index (χ4n) is 1.78. The first kappa shape index (κ1) is 15.5. The Balaban J connectivity index is 2.43. The maximum Gasteiger partial charge on any atom is 0.312 e. The number of rotatable bonds is 3. The predicted molar refractivity (Wildman–Crippen MR) is 85.9 cm³/mol. The van der Waals surface area contributed by atoms with Crippen LogP contribution in [0.3, 0.4) is 0 Å². The van der Waals surface area contributed by atoms with Crippen LogP contribution < -0.4 is 0 Å². The fraction of sp³-hybridized carbons (Fsp3) is 0.0714. The van der Waals surface area contributed by atoms with Gasteiger partial charge in [0.25, 0.3) is 0 Å². The van der Waals surface area contributed by atoms with E-state index in [0.717, 1.165) is 5.56 Å². The lowest BCUT2D eigenvalue weighted by atomic mass is 10.2. The molecule has 2 aromatic rings. The van der Waals surface area contributed by atoms with Crippen molar-refractivity contribution in [1.29, 1.82) is 0 Å². The second-order valence-electron chi connectivity index (χ2n) is 4.36. The van der Waals surface area contributed by atoms with Crippen LogP contribution in [0, 0.1) is 17.0 Å². The summed E-state index contributed by atoms with van der Waals surface area (Å²) in [6, 6.07) is 8.04. The Morgan fingerprint density at radius 1 is 1.33 bits per heavy atom. The number of hydrogen-bond donors (Lipinski definition) is 1. The number of nitro benzene ring substituents is 1. The van der Waals surface area contributed by atoms with E-state index in [-0.39, 0.29) is 11.3 Å². The Bertz CT molecular complexity index is 727. The lowest BCUT2D eigenvalue weighted by Crippen LogP contribution is -1.92. The molecular formula is C14H10BrClN2O3. The number of halogens is 2. The van der Waals surface area contributed by atoms with Crippen molar-refractivity contribution in [1.82, 2.24) is 0 Å². The fourth-order valence-corrected chi connectivity index (χ4v) is 2.53. The Morgan fingerprint density at radius 3 is 2.67 bits per heavy atom. The zero-order valence-corrected chi connectivity index (χ0v) is 13.2. The number of aliphatic imine (C=N–C) groups is 1. The Morgan fingerprint density at radius 2 is 2.05 bits per heavy atom. The molecule has 2 aromatic carbocycles. The van der Waals surface area contributed by atoms with Crippen LogP contribution in [0.5, 0.6) is 5.75 Å². The van der Waals surface area contributed by atoms with E-state index in [0.29, 0.717) is 15.2 Å². The highest BCUT2D eigenvalue weighted by Gasteiger charge is 2.17. The van der Waals surface area contributed by atoms with E-state index >= 15 is 0 Å². The van der Waals surface area contributed by atoms with Crippen LogP contribution in [0.2, 0.25) is 5.02 Å². The summed E-state index contributed by atoms with van der Waals surface area (Å²) in [5.41, 5.74) is 1.41. The molecule has 0 amide bonds. The van der Waals surface area contributed by atoms with Gasteiger partial charge in [-0.25, -0.2) is 0 Å². The molecule has 1 N–H and O–H groups in total. The van der Waals surface area contributed by atoms with Gasteiger partial charge < -0.3 is 5.11 Å². The minimum atomic E-state index is -0.652. The molecule has 108 valence electrons. The van der Waals surface area contributed by atoms with Crippen molar-refractivity contribution >= 4 is 45.1 Å². The smallest absolute Gasteiger partial charge is 0.312 e. The van der Waals surface area contributed by atoms with E-state index in [1.54, 1.807) is 18.2 Å². The Hall–Kier alpha value is -1.92. The first-order valence-corrected chi connectivity index (χ1v) is 7.02. The number of phenolic OH excluding ortho intramolecular Hbond substituents is 1. The summed E-state index contributed by atoms with van der Waals surface area (Å²) in [4.78, 5) is 14.4. The van der Waals surface area contributed by atoms with Crippen LogP contribution in [-0.2, 0) is 0 Å². The molecule has 0 unspecified atom stereocenters. The van der Waals surface area contributed by atoms with E-state index in [1.165, 1.54) is 12.3 Å². The first-order valence-electron chi connectivity index (χ1n) is 5.85. The van der Waals surface area contributed by atoms with E-state index < -0.39 is 10.7 Å². The number of phenols is 1. The monoisotopic (exact) mass is 368 g/mol. The number of aryl methyl sites for hydroxylation is 1. The summed E-state index contributed by atoms with van der Waals surface area (Å²) in [6.45, 7) is 1.88. The third kappa shape index (κ3) is 3.80. The SMILES string of the molecule is Cc1cc(Cl)cc(N=Cc2cc(Br)cc([N+](=O)[O-])c2O)c1. The Labute approximate surface area is 134 Å². The van der Waals surface area contributed by atoms with Gasteiger partial charge in [0.1, 0.15) is 0 Å². The largest absolute Gasteiger partial charge is 0.502 e. The van der Waals surface area contributed by atoms with E-state index in [2.05, 4.69) is 20.9 Å². The standard InChI is InChI=1S/C14H10BrClN2O3/c1-8-2-11(16)6-12(3-8)17-7-9-4-10(15)5-13(14(9)19)18(20)21/h2-7,19H,1H3. The third-order valence-electron chi connectivity index (χ3n) is 2.66. The zero-order chi connectivity index (χ0) is 15.6. The molecule has 0 aliphatic heterocycles. The van der Waals surface area contributed by atoms with Gasteiger partial charge in [0.2, 0.25) is 5.75 Å². The van der Waals surface area contributed by atoms with Gasteiger partial charge in [-0.05, 0) is 36.8 Å². The molecule has 0 aromatic heterocycles. The number of nitro groups is 1. The van der Waals surface area contributed by atoms with Gasteiger partial charge in [0, 0.05) is 27.3 Å². The van der Waals surface area contributed by atoms with Gasteiger partial charge in [-0.3, -0.25) is 15.1 Å². The highest BCUT2D eigenvalue weighted by Crippen LogP contribution is 2.33. The van der Waals surface area contributed by atoms with Crippen LogP contribution in [0.1, 0.15) is 11.1 Å². The highest BCUT2D eigenvalue weighted by atomic mass is 79.9. The van der Waals surface area contributed by atoms with Crippen LogP contribution >= 0.6 is 27.5 Å². The number of nitrogens with zero attached hydrogens (tertiary/aromatic N) is 2. The molecule has 0 saturated heterocycles. The highest BCUT2D eigenvalue weighted by molar-refractivity contribution is 9.10. The van der Waals surface area contributed by atoms with Crippen molar-refractivity contribution in [2.45, 2.75) is 6.92 Å². The average Bonchev–Trinajstić information content (AvgIpc) is 2.38. The third-order valence-corrected chi connectivity index (χ3v) is 3.34. The molecule has 2 rings (SSSR count). The van der Waals surface area contributed by atoms with Crippen LogP contribution in [0.4, 0.5) is 11.4 Å². The van der Waals surface area contributed by atoms with Crippen LogP contribution in [0.15, 0.2) is 39.8 Å². The molecule has 0 aliphatic rings. The molecule has 0 heterocycles. The maximum atomic E-state index is 10.9. The maximum absolute atomic E-state index is 10.9. The second kappa shape index (κ2) is 6.24. The van der Waals surface area contributed by atoms with Gasteiger partial charge in [-0.1, -0.05) is 27.5 Å². The van der Waals surface area contributed by atoms with Gasteiger partial charge >= 0.3 is 5.69 Å². The molecule has 7 heteroatoms. The zero-order valence-electron chi connectivity index (χ0n) is 10.9. The lowest BCUT2D eigenvalue weighted by Gasteiger charge is -2.02. The predicted octanol–water partition coefficient (Wildman–Crippen LogP) is 4.78. The molecule has 0 aliphatic carbocycles. The minimum absolute atomic E-state index is 0.244. The summed E-state index contributed by atoms with van der Waals surface area (Å²) in [5, 5.41) is 21.3. The molecule has 0 radical (unpaired) electrons. The topological polar surface area (TPSA) is 75.7 Å². The molecule has 0 bridgehead atoms. The number of benzene rings is 2. The van der Waals surface area contributed by atoms with Crippen molar-refractivity contribution in [2.24, 2.45) is 4.99 Å². The van der Waals surface area contributed by atoms with Gasteiger partial charge in [0.05, 0.1) is 10.6 Å². The van der Waals surface area contributed by atoms with Crippen LogP contribution in [-0.4, -0.2) is 16.2 Å². The second-order valence-corrected chi connectivity index (χ2v) is 5.72. The van der Waals surface area contributed by atoms with E-state index in [9.17, 15) is 15.2 Å². The summed E-state index contributed by atoms with van der Waals surface area (Å²) < 4.78 is 0.482. The van der Waals surface area contributed by atoms with Crippen molar-refractivity contribution in [3.05, 3.63) is 61.1 Å². The molecular weight excluding hydrogens is 360 g/mol. The van der Waals surface area contributed by atoms with E-state index in [1.807, 2.05) is 13.0 Å². The summed E-state index contributed by atoms with van der Waals surface area (Å²) in [5.74, 6) is -0.425. The average molecular weight is 370 g/mol. The number of hydrogen-bond acceptors (Lipinski definition) is 4. The minimum Gasteiger partial charge on any atom is -0.502 e. The molecule has 5 nitrogen and oxygen atoms in total. The van der Waals surface area contributed by atoms with Crippen LogP contribution in [0.25, 0.3) is 0 Å². The Kier molecular flexibility index (Phi) is 4.59. The van der Waals surface area contributed by atoms with E-state index in [4.69, 9.17) is 11.6 Å². The molecule has 0 atom stereocenters. The van der Waals surface area contributed by atoms with Crippen molar-refractivity contribution < 1.29 is 10.0 Å². The number of aromatic hydroxyl groups is 1. The lowest BCUT2D eigenvalue weighted by molar-refractivity contribution is -0.385. The molecule has 0 spiro atoms. The van der Waals surface area contributed by atoms with Gasteiger partial charge in [0.15, 0.2) is 0 Å². The molecule has 0 saturated carbocycles. The normalized spacial score (nSPS) is 11.0. The molecule has 21 heavy (non-hydrogen) atoms. The first-order chi connectivity index (χ1) is 9.86. The van der Waals surface area contributed by atoms with Crippen molar-refractivity contribution in [2.75, 3.05) is 0 Å².